The average molecular weight is 386 g/mol. The first kappa shape index (κ1) is 15.0. The SMILES string of the molecule is O=C(CCCN1C(=O)CCC1=O)Nc1ccc(I)cc1. The lowest BCUT2D eigenvalue weighted by Crippen LogP contribution is -2.30. The van der Waals surface area contributed by atoms with E-state index in [9.17, 15) is 14.4 Å². The van der Waals surface area contributed by atoms with Crippen molar-refractivity contribution in [1.29, 1.82) is 0 Å². The Hall–Kier alpha value is -1.44. The quantitative estimate of drug-likeness (QED) is 0.623. The summed E-state index contributed by atoms with van der Waals surface area (Å²) in [6.07, 6.45) is 1.39. The second-order valence-electron chi connectivity index (χ2n) is 4.60. The van der Waals surface area contributed by atoms with E-state index in [0.717, 1.165) is 9.26 Å². The lowest BCUT2D eigenvalue weighted by atomic mass is 10.2. The van der Waals surface area contributed by atoms with Crippen LogP contribution in [0.15, 0.2) is 24.3 Å². The highest BCUT2D eigenvalue weighted by molar-refractivity contribution is 14.1. The van der Waals surface area contributed by atoms with E-state index in [4.69, 9.17) is 0 Å². The Morgan fingerprint density at radius 1 is 1.15 bits per heavy atom. The van der Waals surface area contributed by atoms with Crippen LogP contribution in [0.5, 0.6) is 0 Å². The van der Waals surface area contributed by atoms with Crippen LogP contribution in [0.1, 0.15) is 25.7 Å². The van der Waals surface area contributed by atoms with Gasteiger partial charge in [-0.3, -0.25) is 19.3 Å². The van der Waals surface area contributed by atoms with Crippen LogP contribution in [-0.4, -0.2) is 29.2 Å². The van der Waals surface area contributed by atoms with Crippen molar-refractivity contribution in [3.05, 3.63) is 27.8 Å². The van der Waals surface area contributed by atoms with Crippen molar-refractivity contribution >= 4 is 46.0 Å². The van der Waals surface area contributed by atoms with E-state index in [1.807, 2.05) is 24.3 Å². The van der Waals surface area contributed by atoms with Gasteiger partial charge in [-0.2, -0.15) is 0 Å². The number of rotatable bonds is 5. The molecule has 0 aliphatic carbocycles. The van der Waals surface area contributed by atoms with Gasteiger partial charge in [-0.1, -0.05) is 0 Å². The molecule has 1 aliphatic rings. The molecular formula is C14H15IN2O3. The molecule has 2 rings (SSSR count). The van der Waals surface area contributed by atoms with Gasteiger partial charge < -0.3 is 5.32 Å². The molecule has 1 heterocycles. The number of carbonyl (C=O) groups is 3. The van der Waals surface area contributed by atoms with Crippen LogP contribution in [0.4, 0.5) is 5.69 Å². The molecule has 0 aromatic heterocycles. The maximum absolute atomic E-state index is 11.7. The van der Waals surface area contributed by atoms with Crippen molar-refractivity contribution in [3.8, 4) is 0 Å². The number of amides is 3. The normalized spacial score (nSPS) is 14.8. The summed E-state index contributed by atoms with van der Waals surface area (Å²) in [6, 6.07) is 7.51. The molecule has 0 bridgehead atoms. The van der Waals surface area contributed by atoms with Crippen molar-refractivity contribution in [1.82, 2.24) is 4.90 Å². The summed E-state index contributed by atoms with van der Waals surface area (Å²) >= 11 is 2.20. The summed E-state index contributed by atoms with van der Waals surface area (Å²) in [5.41, 5.74) is 0.753. The van der Waals surface area contributed by atoms with Gasteiger partial charge >= 0.3 is 0 Å². The molecule has 1 saturated heterocycles. The van der Waals surface area contributed by atoms with Gasteiger partial charge in [0.15, 0.2) is 0 Å². The summed E-state index contributed by atoms with van der Waals surface area (Å²) in [7, 11) is 0. The molecule has 1 aromatic rings. The topological polar surface area (TPSA) is 66.5 Å². The van der Waals surface area contributed by atoms with Crippen molar-refractivity contribution in [3.63, 3.8) is 0 Å². The number of nitrogens with zero attached hydrogens (tertiary/aromatic N) is 1. The van der Waals surface area contributed by atoms with E-state index >= 15 is 0 Å². The average Bonchev–Trinajstić information content (AvgIpc) is 2.73. The number of likely N-dealkylation sites (tertiary alicyclic amines) is 1. The monoisotopic (exact) mass is 386 g/mol. The summed E-state index contributed by atoms with van der Waals surface area (Å²) in [6.45, 7) is 0.331. The van der Waals surface area contributed by atoms with E-state index < -0.39 is 0 Å². The Bertz CT molecular complexity index is 512. The largest absolute Gasteiger partial charge is 0.326 e. The number of halogens is 1. The maximum atomic E-state index is 11.7. The van der Waals surface area contributed by atoms with Crippen LogP contribution in [0.3, 0.4) is 0 Å². The van der Waals surface area contributed by atoms with Crippen LogP contribution < -0.4 is 5.32 Å². The third kappa shape index (κ3) is 4.03. The predicted molar refractivity (Wildman–Crippen MR) is 83.0 cm³/mol. The van der Waals surface area contributed by atoms with Gasteiger partial charge in [0.2, 0.25) is 17.7 Å². The molecule has 106 valence electrons. The molecule has 1 N–H and O–H groups in total. The molecule has 1 aromatic carbocycles. The molecule has 20 heavy (non-hydrogen) atoms. The van der Waals surface area contributed by atoms with Crippen LogP contribution in [-0.2, 0) is 14.4 Å². The van der Waals surface area contributed by atoms with Gasteiger partial charge in [0.05, 0.1) is 0 Å². The second kappa shape index (κ2) is 6.83. The summed E-state index contributed by atoms with van der Waals surface area (Å²) < 4.78 is 1.10. The molecule has 0 unspecified atom stereocenters. The summed E-state index contributed by atoms with van der Waals surface area (Å²) in [4.78, 5) is 35.8. The first-order valence-corrected chi connectivity index (χ1v) is 7.53. The van der Waals surface area contributed by atoms with Gasteiger partial charge in [0, 0.05) is 35.1 Å². The fourth-order valence-electron chi connectivity index (χ4n) is 2.03. The van der Waals surface area contributed by atoms with E-state index in [0.29, 0.717) is 32.2 Å². The lowest BCUT2D eigenvalue weighted by molar-refractivity contribution is -0.138. The minimum atomic E-state index is -0.131. The Morgan fingerprint density at radius 2 is 1.75 bits per heavy atom. The number of anilines is 1. The highest BCUT2D eigenvalue weighted by atomic mass is 127. The van der Waals surface area contributed by atoms with Gasteiger partial charge in [-0.25, -0.2) is 0 Å². The fraction of sp³-hybridized carbons (Fsp3) is 0.357. The number of imide groups is 1. The summed E-state index contributed by atoms with van der Waals surface area (Å²) in [5, 5.41) is 2.79. The first-order valence-electron chi connectivity index (χ1n) is 6.45. The van der Waals surface area contributed by atoms with Crippen LogP contribution in [0.25, 0.3) is 0 Å². The number of hydrogen-bond donors (Lipinski definition) is 1. The molecule has 0 spiro atoms. The first-order chi connectivity index (χ1) is 9.56. The molecular weight excluding hydrogens is 371 g/mol. The standard InChI is InChI=1S/C14H15IN2O3/c15-10-3-5-11(6-4-10)16-12(18)2-1-9-17-13(19)7-8-14(17)20/h3-6H,1-2,7-9H2,(H,16,18). The van der Waals surface area contributed by atoms with Gasteiger partial charge in [-0.05, 0) is 53.3 Å². The van der Waals surface area contributed by atoms with Crippen molar-refractivity contribution in [2.45, 2.75) is 25.7 Å². The Morgan fingerprint density at radius 3 is 2.35 bits per heavy atom. The van der Waals surface area contributed by atoms with Crippen LogP contribution >= 0.6 is 22.6 Å². The van der Waals surface area contributed by atoms with E-state index in [2.05, 4.69) is 27.9 Å². The molecule has 1 aliphatic heterocycles. The second-order valence-corrected chi connectivity index (χ2v) is 5.84. The van der Waals surface area contributed by atoms with Crippen molar-refractivity contribution in [2.24, 2.45) is 0 Å². The predicted octanol–water partition coefficient (Wildman–Crippen LogP) is 2.16. The zero-order chi connectivity index (χ0) is 14.5. The molecule has 0 atom stereocenters. The van der Waals surface area contributed by atoms with Crippen molar-refractivity contribution < 1.29 is 14.4 Å². The van der Waals surface area contributed by atoms with Crippen molar-refractivity contribution in [2.75, 3.05) is 11.9 Å². The van der Waals surface area contributed by atoms with E-state index in [1.165, 1.54) is 4.90 Å². The van der Waals surface area contributed by atoms with Crippen LogP contribution in [0, 0.1) is 3.57 Å². The molecule has 0 radical (unpaired) electrons. The van der Waals surface area contributed by atoms with E-state index in [1.54, 1.807) is 0 Å². The van der Waals surface area contributed by atoms with Gasteiger partial charge in [0.1, 0.15) is 0 Å². The van der Waals surface area contributed by atoms with Gasteiger partial charge in [0.25, 0.3) is 0 Å². The fourth-order valence-corrected chi connectivity index (χ4v) is 2.39. The number of nitrogens with one attached hydrogen (secondary N) is 1. The zero-order valence-electron chi connectivity index (χ0n) is 10.9. The zero-order valence-corrected chi connectivity index (χ0v) is 13.1. The number of benzene rings is 1. The molecule has 3 amide bonds. The third-order valence-corrected chi connectivity index (χ3v) is 3.79. The third-order valence-electron chi connectivity index (χ3n) is 3.07. The lowest BCUT2D eigenvalue weighted by Gasteiger charge is -2.13. The minimum absolute atomic E-state index is 0.106. The molecule has 0 saturated carbocycles. The maximum Gasteiger partial charge on any atom is 0.229 e. The van der Waals surface area contributed by atoms with Gasteiger partial charge in [-0.15, -0.1) is 0 Å². The Kier molecular flexibility index (Phi) is 5.11. The molecule has 1 fully saturated rings. The number of carbonyl (C=O) groups excluding carboxylic acids is 3. The smallest absolute Gasteiger partial charge is 0.229 e. The molecule has 6 heteroatoms. The van der Waals surface area contributed by atoms with E-state index in [-0.39, 0.29) is 17.7 Å². The Balaban J connectivity index is 1.74. The Labute approximate surface area is 130 Å². The number of hydrogen-bond acceptors (Lipinski definition) is 3. The highest BCUT2D eigenvalue weighted by Gasteiger charge is 2.28. The minimum Gasteiger partial charge on any atom is -0.326 e. The molecule has 5 nitrogen and oxygen atoms in total. The summed E-state index contributed by atoms with van der Waals surface area (Å²) in [5.74, 6) is -0.369. The highest BCUT2D eigenvalue weighted by Crippen LogP contribution is 2.14. The van der Waals surface area contributed by atoms with Crippen LogP contribution in [0.2, 0.25) is 0 Å².